The maximum absolute atomic E-state index is 11.5. The Morgan fingerprint density at radius 3 is 2.07 bits per heavy atom. The number of carbonyl (C=O) groups is 2. The van der Waals surface area contributed by atoms with E-state index in [1.165, 1.54) is 0 Å². The molecule has 7 heteroatoms. The standard InChI is InChI=1S/C7H10F2O5/c8-5-6(10)13-3-1-12-2-4-14-7(9)11/h1-5H2. The summed E-state index contributed by atoms with van der Waals surface area (Å²) in [5, 5.41) is 0. The lowest BCUT2D eigenvalue weighted by Crippen LogP contribution is -2.14. The lowest BCUT2D eigenvalue weighted by atomic mass is 10.7. The molecular formula is C7H10F2O5. The van der Waals surface area contributed by atoms with Crippen molar-refractivity contribution >= 4 is 12.2 Å². The van der Waals surface area contributed by atoms with Gasteiger partial charge in [-0.25, -0.2) is 14.0 Å². The molecular weight excluding hydrogens is 202 g/mol. The monoisotopic (exact) mass is 212 g/mol. The zero-order valence-electron chi connectivity index (χ0n) is 7.33. The number of hydrogen-bond acceptors (Lipinski definition) is 5. The van der Waals surface area contributed by atoms with Crippen LogP contribution in [-0.4, -0.2) is 45.3 Å². The van der Waals surface area contributed by atoms with Crippen molar-refractivity contribution in [3.8, 4) is 0 Å². The maximum atomic E-state index is 11.5. The van der Waals surface area contributed by atoms with Crippen molar-refractivity contribution in [3.63, 3.8) is 0 Å². The first kappa shape index (κ1) is 12.8. The van der Waals surface area contributed by atoms with Gasteiger partial charge in [-0.05, 0) is 0 Å². The van der Waals surface area contributed by atoms with Gasteiger partial charge >= 0.3 is 12.2 Å². The van der Waals surface area contributed by atoms with E-state index < -0.39 is 18.9 Å². The van der Waals surface area contributed by atoms with E-state index >= 15 is 0 Å². The number of alkyl halides is 1. The average Bonchev–Trinajstić information content (AvgIpc) is 2.15. The molecule has 0 saturated heterocycles. The van der Waals surface area contributed by atoms with Gasteiger partial charge < -0.3 is 14.2 Å². The summed E-state index contributed by atoms with van der Waals surface area (Å²) < 4.78 is 35.8. The van der Waals surface area contributed by atoms with Crippen molar-refractivity contribution in [3.05, 3.63) is 0 Å². The normalized spacial score (nSPS) is 9.57. The van der Waals surface area contributed by atoms with Gasteiger partial charge in [-0.15, -0.1) is 4.39 Å². The molecule has 14 heavy (non-hydrogen) atoms. The third-order valence-corrected chi connectivity index (χ3v) is 1.04. The van der Waals surface area contributed by atoms with E-state index in [2.05, 4.69) is 9.47 Å². The highest BCUT2D eigenvalue weighted by atomic mass is 19.1. The van der Waals surface area contributed by atoms with Gasteiger partial charge in [0.25, 0.3) is 0 Å². The smallest absolute Gasteiger partial charge is 0.461 e. The zero-order valence-corrected chi connectivity index (χ0v) is 7.33. The Morgan fingerprint density at radius 2 is 1.57 bits per heavy atom. The Morgan fingerprint density at radius 1 is 1.00 bits per heavy atom. The molecule has 0 radical (unpaired) electrons. The summed E-state index contributed by atoms with van der Waals surface area (Å²) in [6, 6.07) is 0. The Hall–Kier alpha value is -1.24. The van der Waals surface area contributed by atoms with Crippen molar-refractivity contribution in [2.24, 2.45) is 0 Å². The fourth-order valence-corrected chi connectivity index (χ4v) is 0.536. The molecule has 82 valence electrons. The lowest BCUT2D eigenvalue weighted by Gasteiger charge is -2.03. The summed E-state index contributed by atoms with van der Waals surface area (Å²) in [5.41, 5.74) is 0. The Bertz CT molecular complexity index is 185. The summed E-state index contributed by atoms with van der Waals surface area (Å²) >= 11 is 0. The van der Waals surface area contributed by atoms with Gasteiger partial charge in [-0.2, -0.15) is 0 Å². The van der Waals surface area contributed by atoms with Crippen LogP contribution < -0.4 is 0 Å². The molecule has 0 bridgehead atoms. The average molecular weight is 212 g/mol. The molecule has 0 fully saturated rings. The molecule has 0 aliphatic carbocycles. The van der Waals surface area contributed by atoms with Crippen molar-refractivity contribution in [2.75, 3.05) is 33.1 Å². The largest absolute Gasteiger partial charge is 0.495 e. The number of hydrogen-bond donors (Lipinski definition) is 0. The van der Waals surface area contributed by atoms with E-state index in [1.54, 1.807) is 0 Å². The van der Waals surface area contributed by atoms with Crippen molar-refractivity contribution in [2.45, 2.75) is 0 Å². The second-order valence-electron chi connectivity index (χ2n) is 2.05. The van der Waals surface area contributed by atoms with E-state index in [0.717, 1.165) is 0 Å². The van der Waals surface area contributed by atoms with Crippen LogP contribution in [0.2, 0.25) is 0 Å². The predicted molar refractivity (Wildman–Crippen MR) is 40.2 cm³/mol. The second-order valence-corrected chi connectivity index (χ2v) is 2.05. The van der Waals surface area contributed by atoms with Crippen LogP contribution in [0, 0.1) is 0 Å². The molecule has 0 unspecified atom stereocenters. The van der Waals surface area contributed by atoms with E-state index in [4.69, 9.17) is 4.74 Å². The van der Waals surface area contributed by atoms with E-state index in [0.29, 0.717) is 0 Å². The molecule has 0 saturated carbocycles. The van der Waals surface area contributed by atoms with Crippen LogP contribution in [-0.2, 0) is 19.0 Å². The molecule has 0 aliphatic rings. The Kier molecular flexibility index (Phi) is 7.62. The van der Waals surface area contributed by atoms with E-state index in [9.17, 15) is 18.4 Å². The van der Waals surface area contributed by atoms with Gasteiger partial charge in [0, 0.05) is 0 Å². The van der Waals surface area contributed by atoms with Gasteiger partial charge in [-0.1, -0.05) is 0 Å². The van der Waals surface area contributed by atoms with Crippen LogP contribution in [0.1, 0.15) is 0 Å². The molecule has 0 atom stereocenters. The molecule has 0 spiro atoms. The molecule has 0 amide bonds. The van der Waals surface area contributed by atoms with Gasteiger partial charge in [0.2, 0.25) is 0 Å². The summed E-state index contributed by atoms with van der Waals surface area (Å²) in [6.07, 6.45) is -1.88. The number of ether oxygens (including phenoxy) is 3. The highest BCUT2D eigenvalue weighted by Gasteiger charge is 2.00. The van der Waals surface area contributed by atoms with E-state index in [1.807, 2.05) is 0 Å². The van der Waals surface area contributed by atoms with Crippen molar-refractivity contribution < 1.29 is 32.6 Å². The van der Waals surface area contributed by atoms with Gasteiger partial charge in [-0.3, -0.25) is 0 Å². The minimum Gasteiger partial charge on any atom is -0.461 e. The van der Waals surface area contributed by atoms with Crippen LogP contribution in [0.5, 0.6) is 0 Å². The highest BCUT2D eigenvalue weighted by Crippen LogP contribution is 1.85. The first-order valence-electron chi connectivity index (χ1n) is 3.78. The fraction of sp³-hybridized carbons (Fsp3) is 0.714. The summed E-state index contributed by atoms with van der Waals surface area (Å²) in [5.74, 6) is -0.969. The molecule has 0 rings (SSSR count). The first-order chi connectivity index (χ1) is 6.66. The van der Waals surface area contributed by atoms with Gasteiger partial charge in [0.05, 0.1) is 13.2 Å². The Balaban J connectivity index is 3.06. The number of rotatable bonds is 7. The predicted octanol–water partition coefficient (Wildman–Crippen LogP) is 0.622. The third-order valence-electron chi connectivity index (χ3n) is 1.04. The topological polar surface area (TPSA) is 61.8 Å². The van der Waals surface area contributed by atoms with Gasteiger partial charge in [0.15, 0.2) is 6.67 Å². The van der Waals surface area contributed by atoms with Crippen LogP contribution in [0.4, 0.5) is 13.6 Å². The summed E-state index contributed by atoms with van der Waals surface area (Å²) in [4.78, 5) is 19.8. The van der Waals surface area contributed by atoms with E-state index in [-0.39, 0.29) is 26.4 Å². The first-order valence-corrected chi connectivity index (χ1v) is 3.78. The molecule has 0 aliphatic heterocycles. The van der Waals surface area contributed by atoms with Crippen LogP contribution in [0.3, 0.4) is 0 Å². The van der Waals surface area contributed by atoms with Crippen molar-refractivity contribution in [1.29, 1.82) is 0 Å². The quantitative estimate of drug-likeness (QED) is 0.351. The molecule has 0 aromatic heterocycles. The van der Waals surface area contributed by atoms with Crippen LogP contribution >= 0.6 is 0 Å². The van der Waals surface area contributed by atoms with Crippen LogP contribution in [0.15, 0.2) is 0 Å². The highest BCUT2D eigenvalue weighted by molar-refractivity contribution is 5.70. The SMILES string of the molecule is O=C(F)OCCOCCOC(=O)CF. The zero-order chi connectivity index (χ0) is 10.8. The number of carbonyl (C=O) groups excluding carboxylic acids is 2. The summed E-state index contributed by atoms with van der Waals surface area (Å²) in [6.45, 7) is -1.46. The number of halogens is 2. The minimum atomic E-state index is -1.88. The third kappa shape index (κ3) is 8.85. The minimum absolute atomic E-state index is 0.0111. The van der Waals surface area contributed by atoms with Crippen molar-refractivity contribution in [1.82, 2.24) is 0 Å². The fourth-order valence-electron chi connectivity index (χ4n) is 0.536. The maximum Gasteiger partial charge on any atom is 0.495 e. The second kappa shape index (κ2) is 8.36. The lowest BCUT2D eigenvalue weighted by molar-refractivity contribution is -0.146. The molecule has 0 aromatic rings. The molecule has 0 heterocycles. The van der Waals surface area contributed by atoms with Gasteiger partial charge in [0.1, 0.15) is 13.2 Å². The summed E-state index contributed by atoms with van der Waals surface area (Å²) in [7, 11) is 0. The molecule has 0 aromatic carbocycles. The Labute approximate surface area is 78.9 Å². The molecule has 0 N–H and O–H groups in total. The van der Waals surface area contributed by atoms with Crippen LogP contribution in [0.25, 0.3) is 0 Å². The number of esters is 1. The molecule has 5 nitrogen and oxygen atoms in total.